The maximum absolute atomic E-state index is 13.4. The van der Waals surface area contributed by atoms with E-state index in [1.165, 1.54) is 30.6 Å². The number of benzene rings is 1. The predicted octanol–water partition coefficient (Wildman–Crippen LogP) is 1.40. The van der Waals surface area contributed by atoms with Gasteiger partial charge in [-0.2, -0.15) is 0 Å². The van der Waals surface area contributed by atoms with Crippen LogP contribution in [0.5, 0.6) is 0 Å². The second-order valence-electron chi connectivity index (χ2n) is 3.90. The van der Waals surface area contributed by atoms with E-state index >= 15 is 0 Å². The lowest BCUT2D eigenvalue weighted by atomic mass is 10.4. The highest BCUT2D eigenvalue weighted by Crippen LogP contribution is 2.13. The molecule has 0 aliphatic heterocycles. The molecule has 1 aromatic heterocycles. The number of hydrogen-bond acceptors (Lipinski definition) is 4. The summed E-state index contributed by atoms with van der Waals surface area (Å²) in [5.74, 6) is -0.787. The summed E-state index contributed by atoms with van der Waals surface area (Å²) >= 11 is 0. The van der Waals surface area contributed by atoms with Crippen LogP contribution in [0.15, 0.2) is 41.6 Å². The minimum absolute atomic E-state index is 0.0378. The lowest BCUT2D eigenvalue weighted by Gasteiger charge is -2.07. The number of halogens is 1. The van der Waals surface area contributed by atoms with Gasteiger partial charge in [-0.1, -0.05) is 12.1 Å². The number of nitrogens with one attached hydrogen (secondary N) is 1. The third-order valence-corrected chi connectivity index (χ3v) is 3.84. The summed E-state index contributed by atoms with van der Waals surface area (Å²) in [6.45, 7) is 1.74. The molecule has 0 atom stereocenters. The lowest BCUT2D eigenvalue weighted by molar-refractivity contribution is 0.556. The average molecular weight is 281 g/mol. The Hall–Kier alpha value is -1.86. The minimum Gasteiger partial charge on any atom is -0.258 e. The molecule has 7 heteroatoms. The van der Waals surface area contributed by atoms with Gasteiger partial charge in [0.25, 0.3) is 0 Å². The van der Waals surface area contributed by atoms with Crippen molar-refractivity contribution < 1.29 is 12.8 Å². The molecular weight excluding hydrogens is 269 g/mol. The monoisotopic (exact) mass is 281 g/mol. The summed E-state index contributed by atoms with van der Waals surface area (Å²) in [5.41, 5.74) is 1.20. The van der Waals surface area contributed by atoms with Crippen molar-refractivity contribution >= 4 is 10.0 Å². The van der Waals surface area contributed by atoms with Crippen LogP contribution in [0.25, 0.3) is 0 Å². The number of aromatic nitrogens is 2. The van der Waals surface area contributed by atoms with Crippen molar-refractivity contribution in [3.8, 4) is 0 Å². The van der Waals surface area contributed by atoms with Gasteiger partial charge < -0.3 is 0 Å². The van der Waals surface area contributed by atoms with Gasteiger partial charge in [0.05, 0.1) is 24.1 Å². The molecule has 1 heterocycles. The lowest BCUT2D eigenvalue weighted by Crippen LogP contribution is -2.24. The van der Waals surface area contributed by atoms with Crippen molar-refractivity contribution in [1.29, 1.82) is 0 Å². The molecule has 0 unspecified atom stereocenters. The van der Waals surface area contributed by atoms with Crippen LogP contribution < -0.4 is 4.72 Å². The van der Waals surface area contributed by atoms with Crippen LogP contribution in [0.4, 0.5) is 4.39 Å². The van der Waals surface area contributed by atoms with Crippen LogP contribution in [0.3, 0.4) is 0 Å². The van der Waals surface area contributed by atoms with Gasteiger partial charge in [-0.15, -0.1) is 0 Å². The normalized spacial score (nSPS) is 11.5. The van der Waals surface area contributed by atoms with Gasteiger partial charge in [-0.05, 0) is 19.1 Å². The zero-order valence-corrected chi connectivity index (χ0v) is 11.0. The van der Waals surface area contributed by atoms with E-state index in [0.29, 0.717) is 5.69 Å². The Balaban J connectivity index is 2.14. The first-order chi connectivity index (χ1) is 8.99. The zero-order chi connectivity index (χ0) is 13.9. The first kappa shape index (κ1) is 13.6. The standard InChI is InChI=1S/C12H12FN3O2S/c1-9-6-15-10(7-14-9)8-16-19(17,18)12-5-3-2-4-11(12)13/h2-7,16H,8H2,1H3. The summed E-state index contributed by atoms with van der Waals surface area (Å²) in [6.07, 6.45) is 3.01. The average Bonchev–Trinajstić information content (AvgIpc) is 2.38. The molecule has 0 spiro atoms. The molecule has 2 aromatic rings. The molecule has 5 nitrogen and oxygen atoms in total. The molecule has 1 aromatic carbocycles. The molecule has 0 radical (unpaired) electrons. The van der Waals surface area contributed by atoms with Crippen LogP contribution in [0.1, 0.15) is 11.4 Å². The van der Waals surface area contributed by atoms with Crippen molar-refractivity contribution in [1.82, 2.24) is 14.7 Å². The summed E-state index contributed by atoms with van der Waals surface area (Å²) in [7, 11) is -3.89. The van der Waals surface area contributed by atoms with Crippen LogP contribution >= 0.6 is 0 Å². The first-order valence-electron chi connectivity index (χ1n) is 5.51. The van der Waals surface area contributed by atoms with Gasteiger partial charge in [-0.25, -0.2) is 17.5 Å². The first-order valence-corrected chi connectivity index (χ1v) is 6.99. The van der Waals surface area contributed by atoms with E-state index in [1.807, 2.05) is 0 Å². The number of sulfonamides is 1. The summed E-state index contributed by atoms with van der Waals surface area (Å²) in [4.78, 5) is 7.63. The summed E-state index contributed by atoms with van der Waals surface area (Å²) in [5, 5.41) is 0. The summed E-state index contributed by atoms with van der Waals surface area (Å²) in [6, 6.07) is 5.20. The maximum atomic E-state index is 13.4. The molecule has 0 aliphatic carbocycles. The highest BCUT2D eigenvalue weighted by molar-refractivity contribution is 7.89. The van der Waals surface area contributed by atoms with Crippen LogP contribution in [-0.2, 0) is 16.6 Å². The largest absolute Gasteiger partial charge is 0.258 e. The second-order valence-corrected chi connectivity index (χ2v) is 5.64. The fourth-order valence-corrected chi connectivity index (χ4v) is 2.50. The third-order valence-electron chi connectivity index (χ3n) is 2.40. The van der Waals surface area contributed by atoms with Gasteiger partial charge in [0.15, 0.2) is 0 Å². The van der Waals surface area contributed by atoms with E-state index < -0.39 is 15.8 Å². The SMILES string of the molecule is Cc1cnc(CNS(=O)(=O)c2ccccc2F)cn1. The fraction of sp³-hybridized carbons (Fsp3) is 0.167. The number of aryl methyl sites for hydroxylation is 1. The van der Waals surface area contributed by atoms with Crippen molar-refractivity contribution in [2.24, 2.45) is 0 Å². The van der Waals surface area contributed by atoms with Crippen molar-refractivity contribution in [2.75, 3.05) is 0 Å². The Morgan fingerprint density at radius 3 is 2.58 bits per heavy atom. The number of nitrogens with zero attached hydrogens (tertiary/aromatic N) is 2. The Kier molecular flexibility index (Phi) is 3.87. The molecule has 0 saturated carbocycles. The second kappa shape index (κ2) is 5.41. The smallest absolute Gasteiger partial charge is 0.243 e. The predicted molar refractivity (Wildman–Crippen MR) is 67.2 cm³/mol. The number of rotatable bonds is 4. The van der Waals surface area contributed by atoms with E-state index in [4.69, 9.17) is 0 Å². The van der Waals surface area contributed by atoms with E-state index in [-0.39, 0.29) is 11.4 Å². The van der Waals surface area contributed by atoms with Crippen molar-refractivity contribution in [2.45, 2.75) is 18.4 Å². The van der Waals surface area contributed by atoms with Gasteiger partial charge in [-0.3, -0.25) is 9.97 Å². The molecule has 0 amide bonds. The third kappa shape index (κ3) is 3.33. The van der Waals surface area contributed by atoms with E-state index in [2.05, 4.69) is 14.7 Å². The van der Waals surface area contributed by atoms with Gasteiger partial charge >= 0.3 is 0 Å². The van der Waals surface area contributed by atoms with E-state index in [1.54, 1.807) is 6.92 Å². The molecule has 100 valence electrons. The minimum atomic E-state index is -3.89. The zero-order valence-electron chi connectivity index (χ0n) is 10.2. The van der Waals surface area contributed by atoms with Crippen LogP contribution in [-0.4, -0.2) is 18.4 Å². The quantitative estimate of drug-likeness (QED) is 0.919. The highest BCUT2D eigenvalue weighted by atomic mass is 32.2. The van der Waals surface area contributed by atoms with Gasteiger partial charge in [0.1, 0.15) is 10.7 Å². The highest BCUT2D eigenvalue weighted by Gasteiger charge is 2.18. The molecule has 19 heavy (non-hydrogen) atoms. The Morgan fingerprint density at radius 2 is 1.95 bits per heavy atom. The topological polar surface area (TPSA) is 72.0 Å². The van der Waals surface area contributed by atoms with Crippen molar-refractivity contribution in [3.63, 3.8) is 0 Å². The molecule has 0 saturated heterocycles. The fourth-order valence-electron chi connectivity index (χ4n) is 1.42. The van der Waals surface area contributed by atoms with Crippen LogP contribution in [0, 0.1) is 12.7 Å². The maximum Gasteiger partial charge on any atom is 0.243 e. The van der Waals surface area contributed by atoms with Crippen molar-refractivity contribution in [3.05, 3.63) is 53.9 Å². The summed E-state index contributed by atoms with van der Waals surface area (Å²) < 4.78 is 39.5. The Labute approximate surface area is 110 Å². The molecule has 1 N–H and O–H groups in total. The van der Waals surface area contributed by atoms with Gasteiger partial charge in [0, 0.05) is 6.20 Å². The molecule has 0 fully saturated rings. The van der Waals surface area contributed by atoms with E-state index in [9.17, 15) is 12.8 Å². The molecule has 2 rings (SSSR count). The number of hydrogen-bond donors (Lipinski definition) is 1. The van der Waals surface area contributed by atoms with Gasteiger partial charge in [0.2, 0.25) is 10.0 Å². The molecule has 0 bridgehead atoms. The Morgan fingerprint density at radius 1 is 1.21 bits per heavy atom. The van der Waals surface area contributed by atoms with E-state index in [0.717, 1.165) is 11.8 Å². The molecule has 0 aliphatic rings. The van der Waals surface area contributed by atoms with Crippen LogP contribution in [0.2, 0.25) is 0 Å². The Bertz CT molecular complexity index is 672. The molecular formula is C12H12FN3O2S.